The van der Waals surface area contributed by atoms with Crippen LogP contribution in [0, 0.1) is 3.57 Å². The van der Waals surface area contributed by atoms with Crippen molar-refractivity contribution in [3.63, 3.8) is 0 Å². The van der Waals surface area contributed by atoms with Gasteiger partial charge in [0.25, 0.3) is 5.56 Å². The summed E-state index contributed by atoms with van der Waals surface area (Å²) in [6.07, 6.45) is 3.41. The third-order valence-corrected chi connectivity index (χ3v) is 8.73. The van der Waals surface area contributed by atoms with Crippen molar-refractivity contribution in [2.24, 2.45) is 4.99 Å². The molecule has 0 aliphatic carbocycles. The van der Waals surface area contributed by atoms with Gasteiger partial charge >= 0.3 is 11.9 Å². The van der Waals surface area contributed by atoms with Crippen molar-refractivity contribution >= 4 is 63.7 Å². The number of rotatable bonds is 10. The monoisotopic (exact) mass is 722 g/mol. The first kappa shape index (κ1) is 31.8. The van der Waals surface area contributed by atoms with E-state index in [2.05, 4.69) is 27.6 Å². The molecule has 0 amide bonds. The number of ether oxygens (including phenoxy) is 4. The zero-order valence-electron chi connectivity index (χ0n) is 24.1. The molecule has 222 valence electrons. The third-order valence-electron chi connectivity index (χ3n) is 6.21. The molecular formula is C30H31IN2O7S2. The molecule has 12 heteroatoms. The van der Waals surface area contributed by atoms with Gasteiger partial charge in [0.1, 0.15) is 0 Å². The molecule has 3 aromatic rings. The van der Waals surface area contributed by atoms with Crippen LogP contribution < -0.4 is 24.4 Å². The van der Waals surface area contributed by atoms with Gasteiger partial charge in [-0.25, -0.2) is 14.6 Å². The van der Waals surface area contributed by atoms with Crippen LogP contribution in [0.5, 0.6) is 11.5 Å². The number of esters is 2. The number of nitrogens with zero attached hydrogens (tertiary/aromatic N) is 2. The summed E-state index contributed by atoms with van der Waals surface area (Å²) in [5, 5.41) is 0. The van der Waals surface area contributed by atoms with Crippen LogP contribution in [0.15, 0.2) is 62.4 Å². The molecule has 0 saturated carbocycles. The summed E-state index contributed by atoms with van der Waals surface area (Å²) < 4.78 is 24.4. The molecule has 9 nitrogen and oxygen atoms in total. The smallest absolute Gasteiger partial charge is 0.344 e. The highest BCUT2D eigenvalue weighted by molar-refractivity contribution is 14.1. The SMILES string of the molecule is CCOC(=O)COc1c(I)cc(/C=c2\sc3n(c2=O)[C@H](c2ccc(SC)cc2)C(C(=O)OC(C)C)=C(C)N=3)cc1OC. The number of methoxy groups -OCH3 is 1. The van der Waals surface area contributed by atoms with Crippen LogP contribution in [0.25, 0.3) is 6.08 Å². The summed E-state index contributed by atoms with van der Waals surface area (Å²) in [4.78, 5) is 45.3. The molecule has 0 fully saturated rings. The minimum atomic E-state index is -0.695. The van der Waals surface area contributed by atoms with Crippen molar-refractivity contribution in [2.75, 3.05) is 26.6 Å². The second-order valence-corrected chi connectivity index (χ2v) is 12.5. The van der Waals surface area contributed by atoms with Crippen molar-refractivity contribution in [1.82, 2.24) is 4.57 Å². The lowest BCUT2D eigenvalue weighted by molar-refractivity contribution is -0.145. The van der Waals surface area contributed by atoms with Crippen LogP contribution >= 0.6 is 45.7 Å². The fraction of sp³-hybridized carbons (Fsp3) is 0.333. The van der Waals surface area contributed by atoms with Crippen molar-refractivity contribution in [3.05, 3.63) is 82.1 Å². The van der Waals surface area contributed by atoms with E-state index in [4.69, 9.17) is 18.9 Å². The van der Waals surface area contributed by atoms with E-state index in [0.29, 0.717) is 41.2 Å². The molecule has 0 unspecified atom stereocenters. The number of fused-ring (bicyclic) bond motifs is 1. The number of carbonyl (C=O) groups excluding carboxylic acids is 2. The van der Waals surface area contributed by atoms with E-state index in [1.807, 2.05) is 36.6 Å². The molecule has 0 bridgehead atoms. The van der Waals surface area contributed by atoms with Crippen LogP contribution in [0.4, 0.5) is 0 Å². The van der Waals surface area contributed by atoms with E-state index in [-0.39, 0.29) is 24.9 Å². The van der Waals surface area contributed by atoms with Gasteiger partial charge in [0.2, 0.25) is 0 Å². The lowest BCUT2D eigenvalue weighted by Crippen LogP contribution is -2.40. The fourth-order valence-electron chi connectivity index (χ4n) is 4.41. The highest BCUT2D eigenvalue weighted by atomic mass is 127. The van der Waals surface area contributed by atoms with Crippen LogP contribution in [-0.2, 0) is 19.1 Å². The van der Waals surface area contributed by atoms with E-state index in [1.165, 1.54) is 18.4 Å². The van der Waals surface area contributed by atoms with Crippen molar-refractivity contribution in [2.45, 2.75) is 44.7 Å². The first-order chi connectivity index (χ1) is 20.1. The summed E-state index contributed by atoms with van der Waals surface area (Å²) in [7, 11) is 1.50. The maximum Gasteiger partial charge on any atom is 0.344 e. The summed E-state index contributed by atoms with van der Waals surface area (Å²) in [5.41, 5.74) is 2.04. The predicted octanol–water partition coefficient (Wildman–Crippen LogP) is 4.46. The molecule has 1 aliphatic rings. The van der Waals surface area contributed by atoms with Gasteiger partial charge in [-0.05, 0) is 98.0 Å². The zero-order valence-corrected chi connectivity index (χ0v) is 27.8. The average Bonchev–Trinajstić information content (AvgIpc) is 3.25. The molecule has 2 heterocycles. The van der Waals surface area contributed by atoms with Gasteiger partial charge in [0.05, 0.1) is 45.2 Å². The largest absolute Gasteiger partial charge is 0.493 e. The molecule has 0 spiro atoms. The lowest BCUT2D eigenvalue weighted by atomic mass is 9.96. The molecule has 4 rings (SSSR count). The summed E-state index contributed by atoms with van der Waals surface area (Å²) >= 11 is 4.94. The molecule has 1 aliphatic heterocycles. The van der Waals surface area contributed by atoms with Gasteiger partial charge in [-0.3, -0.25) is 9.36 Å². The topological polar surface area (TPSA) is 105 Å². The Kier molecular flexibility index (Phi) is 10.5. The summed E-state index contributed by atoms with van der Waals surface area (Å²) in [6, 6.07) is 10.7. The predicted molar refractivity (Wildman–Crippen MR) is 171 cm³/mol. The maximum atomic E-state index is 14.0. The van der Waals surface area contributed by atoms with Crippen LogP contribution in [-0.4, -0.2) is 49.2 Å². The van der Waals surface area contributed by atoms with Gasteiger partial charge in [0.15, 0.2) is 22.9 Å². The van der Waals surface area contributed by atoms with Crippen molar-refractivity contribution < 1.29 is 28.5 Å². The summed E-state index contributed by atoms with van der Waals surface area (Å²) in [5.74, 6) is -0.170. The molecule has 1 aromatic heterocycles. The number of aromatic nitrogens is 1. The molecular weight excluding hydrogens is 691 g/mol. The first-order valence-electron chi connectivity index (χ1n) is 13.1. The van der Waals surface area contributed by atoms with Crippen LogP contribution in [0.1, 0.15) is 44.9 Å². The number of hydrogen-bond acceptors (Lipinski definition) is 10. The minimum absolute atomic E-state index is 0.253. The Morgan fingerprint density at radius 3 is 2.55 bits per heavy atom. The van der Waals surface area contributed by atoms with Crippen molar-refractivity contribution in [3.8, 4) is 11.5 Å². The number of carbonyl (C=O) groups is 2. The molecule has 2 aromatic carbocycles. The van der Waals surface area contributed by atoms with Gasteiger partial charge in [-0.1, -0.05) is 23.5 Å². The minimum Gasteiger partial charge on any atom is -0.493 e. The number of hydrogen-bond donors (Lipinski definition) is 0. The average molecular weight is 723 g/mol. The Morgan fingerprint density at radius 1 is 1.21 bits per heavy atom. The number of allylic oxidation sites excluding steroid dienone is 1. The molecule has 0 N–H and O–H groups in total. The number of halogens is 1. The highest BCUT2D eigenvalue weighted by Crippen LogP contribution is 2.35. The van der Waals surface area contributed by atoms with Gasteiger partial charge in [-0.15, -0.1) is 11.8 Å². The van der Waals surface area contributed by atoms with Gasteiger partial charge < -0.3 is 18.9 Å². The Morgan fingerprint density at radius 2 is 1.93 bits per heavy atom. The zero-order chi connectivity index (χ0) is 30.6. The van der Waals surface area contributed by atoms with E-state index >= 15 is 0 Å². The number of thiazole rings is 1. The Bertz CT molecular complexity index is 1710. The van der Waals surface area contributed by atoms with Gasteiger partial charge in [0, 0.05) is 4.90 Å². The Balaban J connectivity index is 1.82. The second kappa shape index (κ2) is 13.9. The quantitative estimate of drug-likeness (QED) is 0.172. The second-order valence-electron chi connectivity index (χ2n) is 9.44. The standard InChI is InChI=1S/C30H31IN2O7S2/c1-7-38-24(34)15-39-27-21(31)12-18(13-22(27)37-5)14-23-28(35)33-26(19-8-10-20(41-6)11-9-19)25(29(36)40-16(2)3)17(4)32-30(33)42-23/h8-14,16,26H,7,15H2,1-6H3/b23-14-/t26-/m1/s1. The first-order valence-corrected chi connectivity index (χ1v) is 16.2. The van der Waals surface area contributed by atoms with E-state index in [9.17, 15) is 14.4 Å². The number of benzene rings is 2. The molecule has 42 heavy (non-hydrogen) atoms. The van der Waals surface area contributed by atoms with Crippen LogP contribution in [0.2, 0.25) is 0 Å². The van der Waals surface area contributed by atoms with Crippen LogP contribution in [0.3, 0.4) is 0 Å². The maximum absolute atomic E-state index is 14.0. The van der Waals surface area contributed by atoms with E-state index < -0.39 is 18.0 Å². The van der Waals surface area contributed by atoms with Gasteiger partial charge in [-0.2, -0.15) is 0 Å². The molecule has 0 radical (unpaired) electrons. The number of thioether (sulfide) groups is 1. The fourth-order valence-corrected chi connectivity index (χ4v) is 6.65. The summed E-state index contributed by atoms with van der Waals surface area (Å²) in [6.45, 7) is 7.07. The molecule has 1 atom stereocenters. The Hall–Kier alpha value is -3.10. The van der Waals surface area contributed by atoms with E-state index in [0.717, 1.165) is 10.5 Å². The highest BCUT2D eigenvalue weighted by Gasteiger charge is 2.33. The normalized spacial score (nSPS) is 14.9. The van der Waals surface area contributed by atoms with Crippen molar-refractivity contribution in [1.29, 1.82) is 0 Å². The third kappa shape index (κ3) is 6.92. The lowest BCUT2D eigenvalue weighted by Gasteiger charge is -2.25. The molecule has 0 saturated heterocycles. The van der Waals surface area contributed by atoms with E-state index in [1.54, 1.807) is 56.2 Å². The Labute approximate surface area is 265 Å².